The molecule has 7 heteroatoms. The molecule has 0 radical (unpaired) electrons. The first-order valence-corrected chi connectivity index (χ1v) is 7.00. The van der Waals surface area contributed by atoms with Gasteiger partial charge in [0.25, 0.3) is 0 Å². The van der Waals surface area contributed by atoms with Crippen molar-refractivity contribution in [2.75, 3.05) is 20.1 Å². The van der Waals surface area contributed by atoms with Crippen molar-refractivity contribution in [3.63, 3.8) is 0 Å². The first-order chi connectivity index (χ1) is 8.43. The minimum absolute atomic E-state index is 0.137. The zero-order valence-corrected chi connectivity index (χ0v) is 10.8. The Bertz CT molecular complexity index is 606. The van der Waals surface area contributed by atoms with E-state index in [1.807, 2.05) is 6.07 Å². The Morgan fingerprint density at radius 1 is 1.39 bits per heavy atom. The fraction of sp³-hybridized carbons (Fsp3) is 0.364. The van der Waals surface area contributed by atoms with Crippen LogP contribution in [0.4, 0.5) is 0 Å². The van der Waals surface area contributed by atoms with Gasteiger partial charge in [0, 0.05) is 7.05 Å². The highest BCUT2D eigenvalue weighted by Gasteiger charge is 2.25. The molecule has 6 nitrogen and oxygen atoms in total. The van der Waals surface area contributed by atoms with Crippen LogP contribution < -0.4 is 9.47 Å². The SMILES string of the molecule is CN(C(C#N)c1ccc2c(c1)OCO2)S(C)(=O)=O. The molecular weight excluding hydrogens is 256 g/mol. The average molecular weight is 268 g/mol. The molecule has 2 rings (SSSR count). The van der Waals surface area contributed by atoms with Crippen molar-refractivity contribution in [2.45, 2.75) is 6.04 Å². The van der Waals surface area contributed by atoms with E-state index in [1.54, 1.807) is 18.2 Å². The second kappa shape index (κ2) is 4.48. The second-order valence-corrected chi connectivity index (χ2v) is 5.97. The number of hydrogen-bond donors (Lipinski definition) is 0. The van der Waals surface area contributed by atoms with Crippen LogP contribution in [0.3, 0.4) is 0 Å². The van der Waals surface area contributed by atoms with Gasteiger partial charge < -0.3 is 9.47 Å². The van der Waals surface area contributed by atoms with Gasteiger partial charge in [-0.3, -0.25) is 0 Å². The van der Waals surface area contributed by atoms with Crippen molar-refractivity contribution in [1.29, 1.82) is 5.26 Å². The van der Waals surface area contributed by atoms with Crippen LogP contribution in [0.5, 0.6) is 11.5 Å². The van der Waals surface area contributed by atoms with E-state index in [1.165, 1.54) is 7.05 Å². The number of hydrogen-bond acceptors (Lipinski definition) is 5. The van der Waals surface area contributed by atoms with Crippen molar-refractivity contribution >= 4 is 10.0 Å². The monoisotopic (exact) mass is 268 g/mol. The summed E-state index contributed by atoms with van der Waals surface area (Å²) in [6.07, 6.45) is 1.06. The van der Waals surface area contributed by atoms with Gasteiger partial charge in [-0.15, -0.1) is 0 Å². The van der Waals surface area contributed by atoms with Crippen molar-refractivity contribution in [3.05, 3.63) is 23.8 Å². The van der Waals surface area contributed by atoms with Gasteiger partial charge in [0.05, 0.1) is 12.3 Å². The van der Waals surface area contributed by atoms with E-state index >= 15 is 0 Å². The van der Waals surface area contributed by atoms with Gasteiger partial charge in [-0.25, -0.2) is 8.42 Å². The summed E-state index contributed by atoms with van der Waals surface area (Å²) in [4.78, 5) is 0. The van der Waals surface area contributed by atoms with Crippen molar-refractivity contribution in [3.8, 4) is 17.6 Å². The molecule has 1 atom stereocenters. The lowest BCUT2D eigenvalue weighted by Gasteiger charge is -2.20. The summed E-state index contributed by atoms with van der Waals surface area (Å²) >= 11 is 0. The molecule has 1 heterocycles. The number of fused-ring (bicyclic) bond motifs is 1. The Morgan fingerprint density at radius 3 is 2.67 bits per heavy atom. The van der Waals surface area contributed by atoms with Gasteiger partial charge in [-0.05, 0) is 17.7 Å². The van der Waals surface area contributed by atoms with Crippen molar-refractivity contribution in [1.82, 2.24) is 4.31 Å². The molecule has 0 aliphatic carbocycles. The van der Waals surface area contributed by atoms with Crippen LogP contribution in [-0.4, -0.2) is 32.8 Å². The van der Waals surface area contributed by atoms with Gasteiger partial charge >= 0.3 is 0 Å². The highest BCUT2D eigenvalue weighted by atomic mass is 32.2. The number of nitriles is 1. The van der Waals surface area contributed by atoms with Crippen LogP contribution in [0, 0.1) is 11.3 Å². The van der Waals surface area contributed by atoms with Gasteiger partial charge in [-0.2, -0.15) is 9.57 Å². The normalized spacial score (nSPS) is 15.4. The van der Waals surface area contributed by atoms with E-state index in [0.29, 0.717) is 17.1 Å². The molecule has 0 spiro atoms. The molecule has 0 aromatic heterocycles. The number of benzene rings is 1. The third kappa shape index (κ3) is 2.25. The third-order valence-electron chi connectivity index (χ3n) is 2.72. The number of ether oxygens (including phenoxy) is 2. The molecule has 1 aliphatic heterocycles. The minimum Gasteiger partial charge on any atom is -0.454 e. The summed E-state index contributed by atoms with van der Waals surface area (Å²) in [6.45, 7) is 0.137. The van der Waals surface area contributed by atoms with Gasteiger partial charge in [0.1, 0.15) is 6.04 Å². The molecule has 1 unspecified atom stereocenters. The first-order valence-electron chi connectivity index (χ1n) is 5.15. The summed E-state index contributed by atoms with van der Waals surface area (Å²) in [5, 5.41) is 9.13. The summed E-state index contributed by atoms with van der Waals surface area (Å²) in [6, 6.07) is 6.03. The highest BCUT2D eigenvalue weighted by Crippen LogP contribution is 2.35. The number of nitrogens with zero attached hydrogens (tertiary/aromatic N) is 2. The van der Waals surface area contributed by atoms with Gasteiger partial charge in [0.2, 0.25) is 16.8 Å². The molecule has 0 bridgehead atoms. The molecule has 1 aromatic carbocycles. The van der Waals surface area contributed by atoms with Gasteiger partial charge in [0.15, 0.2) is 11.5 Å². The summed E-state index contributed by atoms with van der Waals surface area (Å²) < 4.78 is 34.3. The third-order valence-corrected chi connectivity index (χ3v) is 3.98. The summed E-state index contributed by atoms with van der Waals surface area (Å²) in [5.74, 6) is 1.12. The lowest BCUT2D eigenvalue weighted by molar-refractivity contribution is 0.174. The van der Waals surface area contributed by atoms with E-state index in [4.69, 9.17) is 14.7 Å². The summed E-state index contributed by atoms with van der Waals surface area (Å²) in [7, 11) is -2.07. The lowest BCUT2D eigenvalue weighted by atomic mass is 10.1. The molecule has 0 fully saturated rings. The smallest absolute Gasteiger partial charge is 0.231 e. The van der Waals surface area contributed by atoms with Crippen LogP contribution in [-0.2, 0) is 10.0 Å². The molecule has 0 N–H and O–H groups in total. The van der Waals surface area contributed by atoms with Gasteiger partial charge in [-0.1, -0.05) is 6.07 Å². The maximum absolute atomic E-state index is 11.5. The van der Waals surface area contributed by atoms with Crippen LogP contribution in [0.1, 0.15) is 11.6 Å². The van der Waals surface area contributed by atoms with E-state index in [-0.39, 0.29) is 6.79 Å². The number of sulfonamides is 1. The van der Waals surface area contributed by atoms with E-state index < -0.39 is 16.1 Å². The summed E-state index contributed by atoms with van der Waals surface area (Å²) in [5.41, 5.74) is 0.551. The minimum atomic E-state index is -3.44. The van der Waals surface area contributed by atoms with Crippen molar-refractivity contribution < 1.29 is 17.9 Å². The maximum atomic E-state index is 11.5. The molecule has 1 aromatic rings. The molecule has 0 saturated carbocycles. The predicted octanol–water partition coefficient (Wildman–Crippen LogP) is 0.871. The van der Waals surface area contributed by atoms with Crippen LogP contribution in [0.15, 0.2) is 18.2 Å². The Labute approximate surface area is 105 Å². The second-order valence-electron chi connectivity index (χ2n) is 3.92. The molecule has 96 valence electrons. The highest BCUT2D eigenvalue weighted by molar-refractivity contribution is 7.88. The fourth-order valence-electron chi connectivity index (χ4n) is 1.64. The zero-order chi connectivity index (χ0) is 13.3. The lowest BCUT2D eigenvalue weighted by Crippen LogP contribution is -2.29. The van der Waals surface area contributed by atoms with E-state index in [9.17, 15) is 8.42 Å². The maximum Gasteiger partial charge on any atom is 0.231 e. The topological polar surface area (TPSA) is 79.6 Å². The Balaban J connectivity index is 2.38. The van der Waals surface area contributed by atoms with Crippen LogP contribution in [0.25, 0.3) is 0 Å². The number of rotatable bonds is 3. The fourth-order valence-corrected chi connectivity index (χ4v) is 2.19. The van der Waals surface area contributed by atoms with Crippen LogP contribution >= 0.6 is 0 Å². The van der Waals surface area contributed by atoms with Crippen LogP contribution in [0.2, 0.25) is 0 Å². The largest absolute Gasteiger partial charge is 0.454 e. The van der Waals surface area contributed by atoms with E-state index in [0.717, 1.165) is 10.6 Å². The molecule has 0 amide bonds. The Kier molecular flexibility index (Phi) is 3.15. The molecule has 0 saturated heterocycles. The zero-order valence-electron chi connectivity index (χ0n) is 9.95. The quantitative estimate of drug-likeness (QED) is 0.812. The standard InChI is InChI=1S/C11H12N2O4S/c1-13(18(2,14)15)9(6-12)8-3-4-10-11(5-8)17-7-16-10/h3-5,9H,7H2,1-2H3. The average Bonchev–Trinajstić information content (AvgIpc) is 2.76. The molecule has 18 heavy (non-hydrogen) atoms. The molecular formula is C11H12N2O4S. The van der Waals surface area contributed by atoms with E-state index in [2.05, 4.69) is 0 Å². The Hall–Kier alpha value is -1.78. The molecule has 1 aliphatic rings. The van der Waals surface area contributed by atoms with Crippen molar-refractivity contribution in [2.24, 2.45) is 0 Å². The first kappa shape index (κ1) is 12.7. The predicted molar refractivity (Wildman–Crippen MR) is 63.5 cm³/mol. The Morgan fingerprint density at radius 2 is 2.06 bits per heavy atom.